The van der Waals surface area contributed by atoms with Gasteiger partial charge in [0.25, 0.3) is 0 Å². The minimum absolute atomic E-state index is 0.0963. The molecule has 1 aromatic heterocycles. The van der Waals surface area contributed by atoms with Gasteiger partial charge in [0, 0.05) is 31.1 Å². The molecule has 6 heteroatoms. The second-order valence-electron chi connectivity index (χ2n) is 10.6. The molecule has 1 saturated heterocycles. The van der Waals surface area contributed by atoms with Crippen LogP contribution in [0.1, 0.15) is 75.1 Å². The molecule has 4 nitrogen and oxygen atoms in total. The highest BCUT2D eigenvalue weighted by Crippen LogP contribution is 2.31. The average Bonchev–Trinajstić information content (AvgIpc) is 3.24. The predicted octanol–water partition coefficient (Wildman–Crippen LogP) is 7.30. The van der Waals surface area contributed by atoms with Gasteiger partial charge < -0.3 is 4.90 Å². The Morgan fingerprint density at radius 1 is 0.842 bits per heavy atom. The van der Waals surface area contributed by atoms with Crippen LogP contribution < -0.4 is 5.69 Å². The third-order valence-electron chi connectivity index (χ3n) is 8.28. The van der Waals surface area contributed by atoms with Crippen LogP contribution in [0.5, 0.6) is 0 Å². The lowest BCUT2D eigenvalue weighted by Crippen LogP contribution is -2.38. The van der Waals surface area contributed by atoms with Gasteiger partial charge in [-0.3, -0.25) is 9.13 Å². The fraction of sp³-hybridized carbons (Fsp3) is 0.406. The van der Waals surface area contributed by atoms with Crippen molar-refractivity contribution in [3.05, 3.63) is 106 Å². The molecule has 0 aliphatic carbocycles. The largest absolute Gasteiger partial charge is 0.329 e. The smallest absolute Gasteiger partial charge is 0.303 e. The number of nitrogens with zero attached hydrogens (tertiary/aromatic N) is 3. The molecule has 0 saturated carbocycles. The van der Waals surface area contributed by atoms with Gasteiger partial charge in [-0.25, -0.2) is 13.6 Å². The summed E-state index contributed by atoms with van der Waals surface area (Å²) in [6.07, 6.45) is 4.71. The summed E-state index contributed by atoms with van der Waals surface area (Å²) in [6.45, 7) is 7.12. The lowest BCUT2D eigenvalue weighted by molar-refractivity contribution is 0.182. The summed E-state index contributed by atoms with van der Waals surface area (Å²) in [4.78, 5) is 16.0. The summed E-state index contributed by atoms with van der Waals surface area (Å²) in [5, 5.41) is 0. The van der Waals surface area contributed by atoms with Crippen LogP contribution in [-0.4, -0.2) is 33.7 Å². The van der Waals surface area contributed by atoms with E-state index in [2.05, 4.69) is 30.9 Å². The number of hydrogen-bond acceptors (Lipinski definition) is 2. The highest BCUT2D eigenvalue weighted by Gasteiger charge is 2.26. The minimum atomic E-state index is -0.249. The number of hydrogen-bond donors (Lipinski definition) is 0. The molecule has 1 atom stereocenters. The Kier molecular flexibility index (Phi) is 8.08. The van der Waals surface area contributed by atoms with E-state index < -0.39 is 0 Å². The highest BCUT2D eigenvalue weighted by molar-refractivity contribution is 5.76. The van der Waals surface area contributed by atoms with Crippen molar-refractivity contribution in [2.45, 2.75) is 64.0 Å². The number of halogens is 2. The quantitative estimate of drug-likeness (QED) is 0.233. The molecule has 2 heterocycles. The van der Waals surface area contributed by atoms with Gasteiger partial charge in [-0.1, -0.05) is 43.3 Å². The molecule has 0 spiro atoms. The number of piperidine rings is 1. The lowest BCUT2D eigenvalue weighted by Gasteiger charge is -2.33. The van der Waals surface area contributed by atoms with Crippen molar-refractivity contribution >= 4 is 11.0 Å². The summed E-state index contributed by atoms with van der Waals surface area (Å²) < 4.78 is 31.1. The van der Waals surface area contributed by atoms with Crippen molar-refractivity contribution in [2.24, 2.45) is 0 Å². The number of benzene rings is 3. The Bertz CT molecular complexity index is 1350. The number of imidazole rings is 1. The van der Waals surface area contributed by atoms with Gasteiger partial charge in [0.1, 0.15) is 11.6 Å². The summed E-state index contributed by atoms with van der Waals surface area (Å²) in [6, 6.07) is 21.9. The van der Waals surface area contributed by atoms with Gasteiger partial charge >= 0.3 is 5.69 Å². The molecule has 0 radical (unpaired) electrons. The zero-order chi connectivity index (χ0) is 26.6. The van der Waals surface area contributed by atoms with Crippen LogP contribution in [0.4, 0.5) is 8.78 Å². The molecule has 3 aromatic carbocycles. The molecule has 1 unspecified atom stereocenters. The van der Waals surface area contributed by atoms with Crippen LogP contribution in [-0.2, 0) is 0 Å². The van der Waals surface area contributed by atoms with E-state index >= 15 is 0 Å². The van der Waals surface area contributed by atoms with Gasteiger partial charge in [0.05, 0.1) is 11.0 Å². The van der Waals surface area contributed by atoms with Crippen LogP contribution in [0.3, 0.4) is 0 Å². The first-order valence-electron chi connectivity index (χ1n) is 13.9. The zero-order valence-corrected chi connectivity index (χ0v) is 22.3. The number of para-hydroxylation sites is 2. The van der Waals surface area contributed by atoms with Crippen LogP contribution in [0, 0.1) is 11.6 Å². The fourth-order valence-electron chi connectivity index (χ4n) is 5.99. The Hall–Kier alpha value is -3.25. The van der Waals surface area contributed by atoms with Crippen LogP contribution in [0.15, 0.2) is 77.6 Å². The SMILES string of the molecule is CCC(C)n1c(=O)n(C2CCN(CCCC(c3ccc(F)cc3)c3ccc(F)cc3)CC2)c2ccccc21. The molecule has 0 bridgehead atoms. The van der Waals surface area contributed by atoms with Gasteiger partial charge in [-0.2, -0.15) is 0 Å². The molecule has 0 N–H and O–H groups in total. The Balaban J connectivity index is 1.24. The molecule has 1 fully saturated rings. The van der Waals surface area contributed by atoms with Crippen LogP contribution >= 0.6 is 0 Å². The molecule has 0 amide bonds. The van der Waals surface area contributed by atoms with E-state index in [4.69, 9.17) is 0 Å². The first kappa shape index (κ1) is 26.4. The molecule has 38 heavy (non-hydrogen) atoms. The van der Waals surface area contributed by atoms with Gasteiger partial charge in [-0.15, -0.1) is 0 Å². The third-order valence-corrected chi connectivity index (χ3v) is 8.28. The number of rotatable bonds is 9. The number of aromatic nitrogens is 2. The Morgan fingerprint density at radius 3 is 1.95 bits per heavy atom. The van der Waals surface area contributed by atoms with E-state index in [1.54, 1.807) is 0 Å². The van der Waals surface area contributed by atoms with Crippen LogP contribution in [0.25, 0.3) is 11.0 Å². The Morgan fingerprint density at radius 2 is 1.39 bits per heavy atom. The molecular formula is C32H37F2N3O. The Labute approximate surface area is 223 Å². The maximum Gasteiger partial charge on any atom is 0.329 e. The first-order chi connectivity index (χ1) is 18.5. The van der Waals surface area contributed by atoms with Gasteiger partial charge in [-0.05, 0) is 93.1 Å². The van der Waals surface area contributed by atoms with Crippen molar-refractivity contribution in [1.29, 1.82) is 0 Å². The maximum absolute atomic E-state index is 13.5. The fourth-order valence-corrected chi connectivity index (χ4v) is 5.99. The minimum Gasteiger partial charge on any atom is -0.303 e. The predicted molar refractivity (Wildman–Crippen MR) is 150 cm³/mol. The molecule has 5 rings (SSSR count). The molecule has 1 aliphatic heterocycles. The molecule has 1 aliphatic rings. The maximum atomic E-state index is 13.5. The van der Waals surface area contributed by atoms with Gasteiger partial charge in [0.15, 0.2) is 0 Å². The zero-order valence-electron chi connectivity index (χ0n) is 22.3. The van der Waals surface area contributed by atoms with Crippen molar-refractivity contribution in [3.63, 3.8) is 0 Å². The monoisotopic (exact) mass is 517 g/mol. The second-order valence-corrected chi connectivity index (χ2v) is 10.6. The second kappa shape index (κ2) is 11.6. The van der Waals surface area contributed by atoms with E-state index in [0.29, 0.717) is 0 Å². The summed E-state index contributed by atoms with van der Waals surface area (Å²) in [5.74, 6) is -0.402. The van der Waals surface area contributed by atoms with E-state index in [1.807, 2.05) is 45.5 Å². The number of fused-ring (bicyclic) bond motifs is 1. The topological polar surface area (TPSA) is 30.2 Å². The van der Waals surface area contributed by atoms with Crippen molar-refractivity contribution in [3.8, 4) is 0 Å². The normalized spacial score (nSPS) is 15.9. The van der Waals surface area contributed by atoms with E-state index in [9.17, 15) is 13.6 Å². The number of likely N-dealkylation sites (tertiary alicyclic amines) is 1. The molecule has 200 valence electrons. The van der Waals surface area contributed by atoms with E-state index in [1.165, 1.54) is 24.3 Å². The van der Waals surface area contributed by atoms with Crippen molar-refractivity contribution in [2.75, 3.05) is 19.6 Å². The third kappa shape index (κ3) is 5.46. The average molecular weight is 518 g/mol. The first-order valence-corrected chi connectivity index (χ1v) is 13.9. The summed E-state index contributed by atoms with van der Waals surface area (Å²) in [7, 11) is 0. The van der Waals surface area contributed by atoms with Gasteiger partial charge in [0.2, 0.25) is 0 Å². The van der Waals surface area contributed by atoms with Crippen LogP contribution in [0.2, 0.25) is 0 Å². The van der Waals surface area contributed by atoms with Crippen molar-refractivity contribution in [1.82, 2.24) is 14.0 Å². The highest BCUT2D eigenvalue weighted by atomic mass is 19.1. The summed E-state index contributed by atoms with van der Waals surface area (Å²) in [5.41, 5.74) is 4.28. The molecular weight excluding hydrogens is 480 g/mol. The summed E-state index contributed by atoms with van der Waals surface area (Å²) >= 11 is 0. The molecule has 4 aromatic rings. The lowest BCUT2D eigenvalue weighted by atomic mass is 9.87. The van der Waals surface area contributed by atoms with E-state index in [-0.39, 0.29) is 35.3 Å². The van der Waals surface area contributed by atoms with E-state index in [0.717, 1.165) is 73.9 Å². The van der Waals surface area contributed by atoms with Crippen molar-refractivity contribution < 1.29 is 8.78 Å². The standard InChI is InChI=1S/C32H37F2N3O/c1-3-23(2)36-30-8-4-5-9-31(30)37(32(36)38)28-18-21-35(22-19-28)20-6-7-29(24-10-14-26(33)15-11-24)25-12-16-27(34)17-13-25/h4-5,8-17,23,28-29H,3,6-7,18-22H2,1-2H3.